The molecule has 1 rings (SSSR count). The van der Waals surface area contributed by atoms with E-state index in [1.807, 2.05) is 0 Å². The second kappa shape index (κ2) is 7.84. The van der Waals surface area contributed by atoms with Crippen molar-refractivity contribution in [3.8, 4) is 5.75 Å². The summed E-state index contributed by atoms with van der Waals surface area (Å²) in [5.41, 5.74) is 1.95. The Balaban J connectivity index is 2.25. The first-order chi connectivity index (χ1) is 9.66. The number of ether oxygens (including phenoxy) is 1. The Labute approximate surface area is 131 Å². The third-order valence-electron chi connectivity index (χ3n) is 3.20. The van der Waals surface area contributed by atoms with Gasteiger partial charge in [0.05, 0.1) is 6.61 Å². The van der Waals surface area contributed by atoms with Crippen LogP contribution in [0.4, 0.5) is 0 Å². The Bertz CT molecular complexity index is 395. The molecule has 0 fully saturated rings. The molecule has 0 aliphatic carbocycles. The van der Waals surface area contributed by atoms with Gasteiger partial charge in [-0.25, -0.2) is 0 Å². The molecule has 0 saturated heterocycles. The van der Waals surface area contributed by atoms with Crippen LogP contribution in [0.3, 0.4) is 0 Å². The van der Waals surface area contributed by atoms with Crippen molar-refractivity contribution in [1.29, 1.82) is 0 Å². The van der Waals surface area contributed by atoms with Gasteiger partial charge in [0.2, 0.25) is 0 Å². The van der Waals surface area contributed by atoms with Crippen LogP contribution in [0.1, 0.15) is 59.9 Å². The van der Waals surface area contributed by atoms with Gasteiger partial charge in [0, 0.05) is 6.54 Å². The van der Waals surface area contributed by atoms with Gasteiger partial charge in [-0.1, -0.05) is 53.7 Å². The van der Waals surface area contributed by atoms with Gasteiger partial charge in [-0.05, 0) is 47.9 Å². The molecule has 0 atom stereocenters. The van der Waals surface area contributed by atoms with Crippen LogP contribution < -0.4 is 10.1 Å². The van der Waals surface area contributed by atoms with Gasteiger partial charge < -0.3 is 10.1 Å². The molecular weight excluding hydrogens is 258 g/mol. The van der Waals surface area contributed by atoms with Crippen molar-refractivity contribution in [3.63, 3.8) is 0 Å². The lowest BCUT2D eigenvalue weighted by molar-refractivity contribution is 0.198. The van der Waals surface area contributed by atoms with Gasteiger partial charge in [-0.2, -0.15) is 0 Å². The first-order valence-corrected chi connectivity index (χ1v) is 8.08. The molecule has 0 aliphatic rings. The fourth-order valence-corrected chi connectivity index (χ4v) is 1.98. The minimum atomic E-state index is 0.202. The van der Waals surface area contributed by atoms with E-state index in [0.29, 0.717) is 5.41 Å². The van der Waals surface area contributed by atoms with Gasteiger partial charge in [-0.15, -0.1) is 0 Å². The maximum Gasteiger partial charge on any atom is 0.119 e. The molecule has 0 bridgehead atoms. The van der Waals surface area contributed by atoms with Gasteiger partial charge in [-0.3, -0.25) is 0 Å². The maximum atomic E-state index is 5.79. The molecule has 2 heteroatoms. The van der Waals surface area contributed by atoms with Crippen molar-refractivity contribution < 1.29 is 4.74 Å². The highest BCUT2D eigenvalue weighted by Crippen LogP contribution is 2.20. The standard InChI is InChI=1S/C19H33NO/c1-18(2,3)12-7-13-20-14-16-8-10-17(11-9-16)21-15-19(4,5)6/h8-11,20H,7,12-15H2,1-6H3. The highest BCUT2D eigenvalue weighted by atomic mass is 16.5. The van der Waals surface area contributed by atoms with E-state index >= 15 is 0 Å². The lowest BCUT2D eigenvalue weighted by Crippen LogP contribution is -2.17. The first kappa shape index (κ1) is 18.0. The molecule has 0 amide bonds. The number of nitrogens with one attached hydrogen (secondary N) is 1. The quantitative estimate of drug-likeness (QED) is 0.712. The fourth-order valence-electron chi connectivity index (χ4n) is 1.98. The maximum absolute atomic E-state index is 5.79. The SMILES string of the molecule is CC(C)(C)CCCNCc1ccc(OCC(C)(C)C)cc1. The zero-order valence-electron chi connectivity index (χ0n) is 14.8. The average molecular weight is 291 g/mol. The summed E-state index contributed by atoms with van der Waals surface area (Å²) in [4.78, 5) is 0. The molecule has 0 radical (unpaired) electrons. The molecule has 1 aromatic rings. The van der Waals surface area contributed by atoms with Gasteiger partial charge in [0.25, 0.3) is 0 Å². The van der Waals surface area contributed by atoms with E-state index in [0.717, 1.165) is 25.4 Å². The van der Waals surface area contributed by atoms with Crippen LogP contribution in [-0.4, -0.2) is 13.2 Å². The van der Waals surface area contributed by atoms with Gasteiger partial charge in [0.1, 0.15) is 5.75 Å². The van der Waals surface area contributed by atoms with Gasteiger partial charge in [0.15, 0.2) is 0 Å². The second-order valence-corrected chi connectivity index (χ2v) is 8.33. The normalized spacial score (nSPS) is 12.5. The average Bonchev–Trinajstić information content (AvgIpc) is 2.35. The smallest absolute Gasteiger partial charge is 0.119 e. The highest BCUT2D eigenvalue weighted by Gasteiger charge is 2.11. The summed E-state index contributed by atoms with van der Waals surface area (Å²) in [5.74, 6) is 0.960. The first-order valence-electron chi connectivity index (χ1n) is 8.08. The molecule has 1 aromatic carbocycles. The third-order valence-corrected chi connectivity index (χ3v) is 3.20. The van der Waals surface area contributed by atoms with E-state index in [1.54, 1.807) is 0 Å². The van der Waals surface area contributed by atoms with E-state index in [1.165, 1.54) is 18.4 Å². The van der Waals surface area contributed by atoms with Crippen LogP contribution >= 0.6 is 0 Å². The Kier molecular flexibility index (Phi) is 6.73. The predicted molar refractivity (Wildman–Crippen MR) is 91.8 cm³/mol. The Morgan fingerprint density at radius 2 is 1.52 bits per heavy atom. The second-order valence-electron chi connectivity index (χ2n) is 8.33. The van der Waals surface area contributed by atoms with Gasteiger partial charge >= 0.3 is 0 Å². The lowest BCUT2D eigenvalue weighted by Gasteiger charge is -2.19. The van der Waals surface area contributed by atoms with E-state index in [4.69, 9.17) is 4.74 Å². The van der Waals surface area contributed by atoms with E-state index in [9.17, 15) is 0 Å². The lowest BCUT2D eigenvalue weighted by atomic mass is 9.91. The minimum Gasteiger partial charge on any atom is -0.493 e. The molecule has 120 valence electrons. The third kappa shape index (κ3) is 9.52. The molecule has 21 heavy (non-hydrogen) atoms. The molecule has 0 unspecified atom stereocenters. The van der Waals surface area contributed by atoms with Crippen molar-refractivity contribution in [1.82, 2.24) is 5.32 Å². The monoisotopic (exact) mass is 291 g/mol. The van der Waals surface area contributed by atoms with Crippen molar-refractivity contribution in [2.24, 2.45) is 10.8 Å². The molecule has 0 aromatic heterocycles. The molecule has 2 nitrogen and oxygen atoms in total. The minimum absolute atomic E-state index is 0.202. The number of rotatable bonds is 7. The van der Waals surface area contributed by atoms with Crippen LogP contribution in [-0.2, 0) is 6.54 Å². The van der Waals surface area contributed by atoms with Crippen LogP contribution in [0.2, 0.25) is 0 Å². The summed E-state index contributed by atoms with van der Waals surface area (Å²) < 4.78 is 5.79. The van der Waals surface area contributed by atoms with Crippen molar-refractivity contribution in [3.05, 3.63) is 29.8 Å². The summed E-state index contributed by atoms with van der Waals surface area (Å²) in [6.07, 6.45) is 2.50. The van der Waals surface area contributed by atoms with Crippen molar-refractivity contribution in [2.45, 2.75) is 60.9 Å². The summed E-state index contributed by atoms with van der Waals surface area (Å²) in [5, 5.41) is 3.51. The molecule has 0 aliphatic heterocycles. The zero-order chi connectivity index (χ0) is 15.9. The predicted octanol–water partition coefficient (Wildman–Crippen LogP) is 5.03. The molecule has 0 heterocycles. The van der Waals surface area contributed by atoms with Crippen molar-refractivity contribution in [2.75, 3.05) is 13.2 Å². The molecule has 1 N–H and O–H groups in total. The molecule has 0 spiro atoms. The largest absolute Gasteiger partial charge is 0.493 e. The number of hydrogen-bond donors (Lipinski definition) is 1. The summed E-state index contributed by atoms with van der Waals surface area (Å²) in [6, 6.07) is 8.43. The summed E-state index contributed by atoms with van der Waals surface area (Å²) in [6.45, 7) is 16.2. The molecule has 0 saturated carbocycles. The van der Waals surface area contributed by atoms with Crippen molar-refractivity contribution >= 4 is 0 Å². The van der Waals surface area contributed by atoms with Crippen LogP contribution in [0.25, 0.3) is 0 Å². The van der Waals surface area contributed by atoms with E-state index < -0.39 is 0 Å². The topological polar surface area (TPSA) is 21.3 Å². The van der Waals surface area contributed by atoms with E-state index in [2.05, 4.69) is 71.1 Å². The van der Waals surface area contributed by atoms with E-state index in [-0.39, 0.29) is 5.41 Å². The summed E-state index contributed by atoms with van der Waals surface area (Å²) in [7, 11) is 0. The molecular formula is C19H33NO. The van der Waals surface area contributed by atoms with Crippen LogP contribution in [0.15, 0.2) is 24.3 Å². The van der Waals surface area contributed by atoms with Crippen LogP contribution in [0, 0.1) is 10.8 Å². The Hall–Kier alpha value is -1.02. The van der Waals surface area contributed by atoms with Crippen LogP contribution in [0.5, 0.6) is 5.75 Å². The summed E-state index contributed by atoms with van der Waals surface area (Å²) >= 11 is 0. The zero-order valence-corrected chi connectivity index (χ0v) is 14.8. The fraction of sp³-hybridized carbons (Fsp3) is 0.684. The number of benzene rings is 1. The Morgan fingerprint density at radius 1 is 0.905 bits per heavy atom. The Morgan fingerprint density at radius 3 is 2.05 bits per heavy atom. The number of hydrogen-bond acceptors (Lipinski definition) is 2. The highest BCUT2D eigenvalue weighted by molar-refractivity contribution is 5.27.